The first-order valence-corrected chi connectivity index (χ1v) is 5.46. The van der Waals surface area contributed by atoms with E-state index in [-0.39, 0.29) is 12.0 Å². The summed E-state index contributed by atoms with van der Waals surface area (Å²) in [5, 5.41) is 9.86. The summed E-state index contributed by atoms with van der Waals surface area (Å²) in [6, 6.07) is 4.64. The van der Waals surface area contributed by atoms with Gasteiger partial charge in [-0.3, -0.25) is 9.59 Å². The van der Waals surface area contributed by atoms with Gasteiger partial charge in [-0.05, 0) is 18.2 Å². The molecule has 0 fully saturated rings. The lowest BCUT2D eigenvalue weighted by atomic mass is 10.1. The quantitative estimate of drug-likeness (QED) is 0.882. The van der Waals surface area contributed by atoms with Crippen LogP contribution in [0.15, 0.2) is 23.0 Å². The Morgan fingerprint density at radius 1 is 1.35 bits per heavy atom. The van der Waals surface area contributed by atoms with Gasteiger partial charge in [0.2, 0.25) is 0 Å². The molecule has 0 spiro atoms. The summed E-state index contributed by atoms with van der Waals surface area (Å²) in [4.78, 5) is 24.7. The molecule has 1 aromatic heterocycles. The highest BCUT2D eigenvalue weighted by molar-refractivity contribution is 6.45. The summed E-state index contributed by atoms with van der Waals surface area (Å²) in [7, 11) is 0. The van der Waals surface area contributed by atoms with E-state index in [2.05, 4.69) is 4.98 Å². The van der Waals surface area contributed by atoms with Crippen LogP contribution in [0.5, 0.6) is 0 Å². The molecular weight excluding hydrogens is 265 g/mol. The molecule has 0 bridgehead atoms. The fraction of sp³-hybridized carbons (Fsp3) is 0.0909. The third-order valence-electron chi connectivity index (χ3n) is 2.33. The predicted octanol–water partition coefficient (Wildman–Crippen LogP) is 2.46. The smallest absolute Gasteiger partial charge is 0.308 e. The van der Waals surface area contributed by atoms with Crippen molar-refractivity contribution in [1.82, 2.24) is 4.98 Å². The number of halogens is 2. The highest BCUT2D eigenvalue weighted by atomic mass is 35.5. The zero-order valence-corrected chi connectivity index (χ0v) is 9.97. The number of aromatic amines is 1. The minimum Gasteiger partial charge on any atom is -0.481 e. The number of fused-ring (bicyclic) bond motifs is 1. The Morgan fingerprint density at radius 3 is 2.71 bits per heavy atom. The fourth-order valence-corrected chi connectivity index (χ4v) is 1.94. The summed E-state index contributed by atoms with van der Waals surface area (Å²) in [6.07, 6.45) is -0.353. The molecule has 0 saturated carbocycles. The molecule has 1 heterocycles. The van der Waals surface area contributed by atoms with Gasteiger partial charge in [0, 0.05) is 16.5 Å². The monoisotopic (exact) mass is 271 g/mol. The number of H-pyrrole nitrogens is 1. The van der Waals surface area contributed by atoms with Crippen LogP contribution in [-0.2, 0) is 11.2 Å². The molecule has 0 saturated heterocycles. The zero-order valence-electron chi connectivity index (χ0n) is 8.46. The van der Waals surface area contributed by atoms with E-state index in [4.69, 9.17) is 28.3 Å². The van der Waals surface area contributed by atoms with Gasteiger partial charge in [0.15, 0.2) is 0 Å². The lowest BCUT2D eigenvalue weighted by Crippen LogP contribution is -2.15. The average molecular weight is 272 g/mol. The van der Waals surface area contributed by atoms with E-state index in [9.17, 15) is 9.59 Å². The van der Waals surface area contributed by atoms with Crippen LogP contribution in [-0.4, -0.2) is 16.1 Å². The normalized spacial score (nSPS) is 10.7. The van der Waals surface area contributed by atoms with Gasteiger partial charge in [-0.2, -0.15) is 0 Å². The molecular formula is C11H7Cl2NO3. The molecule has 0 aliphatic carbocycles. The second-order valence-corrected chi connectivity index (χ2v) is 4.30. The highest BCUT2D eigenvalue weighted by Crippen LogP contribution is 2.29. The van der Waals surface area contributed by atoms with Crippen molar-refractivity contribution in [2.75, 3.05) is 0 Å². The van der Waals surface area contributed by atoms with Crippen molar-refractivity contribution in [2.24, 2.45) is 0 Å². The minimum absolute atomic E-state index is 0.147. The number of aliphatic carboxylic acids is 1. The van der Waals surface area contributed by atoms with Gasteiger partial charge in [-0.1, -0.05) is 23.2 Å². The van der Waals surface area contributed by atoms with Crippen molar-refractivity contribution in [1.29, 1.82) is 0 Å². The first-order valence-electron chi connectivity index (χ1n) is 4.70. The van der Waals surface area contributed by atoms with Crippen LogP contribution in [0.1, 0.15) is 5.56 Å². The number of hydrogen-bond acceptors (Lipinski definition) is 2. The molecule has 0 aliphatic heterocycles. The summed E-state index contributed by atoms with van der Waals surface area (Å²) in [6.45, 7) is 0. The van der Waals surface area contributed by atoms with Crippen LogP contribution in [0.4, 0.5) is 0 Å². The lowest BCUT2D eigenvalue weighted by molar-refractivity contribution is -0.136. The predicted molar refractivity (Wildman–Crippen MR) is 65.9 cm³/mol. The molecule has 0 aliphatic rings. The van der Waals surface area contributed by atoms with Crippen molar-refractivity contribution in [2.45, 2.75) is 6.42 Å². The third-order valence-corrected chi connectivity index (χ3v) is 3.15. The molecule has 0 unspecified atom stereocenters. The number of benzene rings is 1. The summed E-state index contributed by atoms with van der Waals surface area (Å²) >= 11 is 11.8. The molecule has 0 atom stereocenters. The Labute approximate surface area is 106 Å². The number of pyridine rings is 1. The van der Waals surface area contributed by atoms with E-state index in [1.165, 1.54) is 6.07 Å². The van der Waals surface area contributed by atoms with Crippen LogP contribution in [0.3, 0.4) is 0 Å². The summed E-state index contributed by atoms with van der Waals surface area (Å²) < 4.78 is 0. The molecule has 2 aromatic rings. The number of carbonyl (C=O) groups is 1. The maximum Gasteiger partial charge on any atom is 0.308 e. The van der Waals surface area contributed by atoms with Gasteiger partial charge in [0.05, 0.1) is 16.5 Å². The summed E-state index contributed by atoms with van der Waals surface area (Å²) in [5.41, 5.74) is 0.242. The molecule has 0 amide bonds. The number of rotatable bonds is 2. The summed E-state index contributed by atoms with van der Waals surface area (Å²) in [5.74, 6) is -1.08. The molecule has 88 valence electrons. The zero-order chi connectivity index (χ0) is 12.6. The second kappa shape index (κ2) is 4.39. The van der Waals surface area contributed by atoms with E-state index in [0.717, 1.165) is 0 Å². The van der Waals surface area contributed by atoms with E-state index >= 15 is 0 Å². The van der Waals surface area contributed by atoms with Gasteiger partial charge in [0.25, 0.3) is 5.56 Å². The molecule has 4 nitrogen and oxygen atoms in total. The fourth-order valence-electron chi connectivity index (χ4n) is 1.55. The average Bonchev–Trinajstić information content (AvgIpc) is 2.25. The Hall–Kier alpha value is -1.52. The minimum atomic E-state index is -1.08. The topological polar surface area (TPSA) is 70.2 Å². The van der Waals surface area contributed by atoms with Crippen LogP contribution in [0.25, 0.3) is 10.9 Å². The largest absolute Gasteiger partial charge is 0.481 e. The van der Waals surface area contributed by atoms with Crippen LogP contribution < -0.4 is 5.56 Å². The van der Waals surface area contributed by atoms with Crippen LogP contribution in [0.2, 0.25) is 10.0 Å². The van der Waals surface area contributed by atoms with Gasteiger partial charge < -0.3 is 10.1 Å². The third kappa shape index (κ3) is 2.28. The number of hydrogen-bond donors (Lipinski definition) is 2. The standard InChI is InChI=1S/C11H7Cl2NO3/c12-7-1-2-8-6(10(7)13)3-5(4-9(15)16)11(17)14-8/h1-3H,4H2,(H,14,17)(H,15,16). The first-order chi connectivity index (χ1) is 7.99. The second-order valence-electron chi connectivity index (χ2n) is 3.52. The first kappa shape index (κ1) is 12.0. The highest BCUT2D eigenvalue weighted by Gasteiger charge is 2.10. The molecule has 6 heteroatoms. The van der Waals surface area contributed by atoms with E-state index in [1.807, 2.05) is 0 Å². The van der Waals surface area contributed by atoms with Gasteiger partial charge in [0.1, 0.15) is 0 Å². The Bertz CT molecular complexity index is 664. The van der Waals surface area contributed by atoms with E-state index in [1.54, 1.807) is 12.1 Å². The van der Waals surface area contributed by atoms with Crippen molar-refractivity contribution in [3.05, 3.63) is 44.2 Å². The number of carboxylic acid groups (broad SMARTS) is 1. The Kier molecular flexibility index (Phi) is 3.09. The van der Waals surface area contributed by atoms with Crippen LogP contribution >= 0.6 is 23.2 Å². The van der Waals surface area contributed by atoms with Crippen molar-refractivity contribution >= 4 is 40.1 Å². The van der Waals surface area contributed by atoms with E-state index < -0.39 is 11.5 Å². The van der Waals surface area contributed by atoms with E-state index in [0.29, 0.717) is 20.9 Å². The molecule has 2 rings (SSSR count). The Morgan fingerprint density at radius 2 is 2.06 bits per heavy atom. The number of nitrogens with one attached hydrogen (secondary N) is 1. The van der Waals surface area contributed by atoms with Gasteiger partial charge >= 0.3 is 5.97 Å². The number of aromatic nitrogens is 1. The maximum atomic E-state index is 11.6. The maximum absolute atomic E-state index is 11.6. The van der Waals surface area contributed by atoms with Crippen molar-refractivity contribution in [3.63, 3.8) is 0 Å². The molecule has 2 N–H and O–H groups in total. The number of carboxylic acids is 1. The van der Waals surface area contributed by atoms with Crippen molar-refractivity contribution in [3.8, 4) is 0 Å². The molecule has 0 radical (unpaired) electrons. The molecule has 1 aromatic carbocycles. The van der Waals surface area contributed by atoms with Crippen LogP contribution in [0, 0.1) is 0 Å². The SMILES string of the molecule is O=C(O)Cc1cc2c(Cl)c(Cl)ccc2[nH]c1=O. The lowest BCUT2D eigenvalue weighted by Gasteiger charge is -2.04. The van der Waals surface area contributed by atoms with Crippen molar-refractivity contribution < 1.29 is 9.90 Å². The molecule has 17 heavy (non-hydrogen) atoms. The Balaban J connectivity index is 2.73. The van der Waals surface area contributed by atoms with Gasteiger partial charge in [-0.25, -0.2) is 0 Å². The van der Waals surface area contributed by atoms with Gasteiger partial charge in [-0.15, -0.1) is 0 Å².